The molecule has 0 bridgehead atoms. The summed E-state index contributed by atoms with van der Waals surface area (Å²) in [5, 5.41) is 13.6. The Balaban J connectivity index is 0.797. The van der Waals surface area contributed by atoms with E-state index in [9.17, 15) is 18.9 Å². The number of ether oxygens (including phenoxy) is 1. The smallest absolute Gasteiger partial charge is 0.234 e. The number of rotatable bonds is 14. The Bertz CT molecular complexity index is 2860. The number of nitrogens with one attached hydrogen (secondary N) is 4. The van der Waals surface area contributed by atoms with Gasteiger partial charge in [0.1, 0.15) is 30.3 Å². The number of carbonyl (C=O) groups is 3. The number of nitrogens with zero attached hydrogens (tertiary/aromatic N) is 6. The number of aryl methyl sites for hydroxylation is 2. The molecule has 1 aliphatic carbocycles. The van der Waals surface area contributed by atoms with Crippen LogP contribution in [0.5, 0.6) is 5.75 Å². The zero-order valence-corrected chi connectivity index (χ0v) is 42.0. The van der Waals surface area contributed by atoms with Crippen molar-refractivity contribution in [3.63, 3.8) is 0 Å². The number of piperidine rings is 2. The molecule has 9 rings (SSSR count). The van der Waals surface area contributed by atoms with Gasteiger partial charge in [-0.25, -0.2) is 13.8 Å². The first-order valence-electron chi connectivity index (χ1n) is 23.6. The van der Waals surface area contributed by atoms with Crippen LogP contribution < -0.4 is 36.2 Å². The van der Waals surface area contributed by atoms with E-state index in [1.807, 2.05) is 36.1 Å². The number of carbonyl (C=O) groups excluding carboxylic acids is 3. The predicted octanol–water partition coefficient (Wildman–Crippen LogP) is 8.21. The van der Waals surface area contributed by atoms with Crippen LogP contribution in [0.15, 0.2) is 59.2 Å². The fraction of sp³-hybridized carbons (Fsp3) is 0.440. The van der Waals surface area contributed by atoms with E-state index >= 15 is 8.78 Å². The van der Waals surface area contributed by atoms with Crippen LogP contribution in [-0.4, -0.2) is 115 Å². The van der Waals surface area contributed by atoms with Crippen molar-refractivity contribution in [3.05, 3.63) is 87.7 Å². The number of piperazine rings is 1. The van der Waals surface area contributed by atoms with Crippen molar-refractivity contribution in [1.82, 2.24) is 30.1 Å². The van der Waals surface area contributed by atoms with Crippen molar-refractivity contribution in [2.45, 2.75) is 70.8 Å². The summed E-state index contributed by atoms with van der Waals surface area (Å²) in [5.41, 5.74) is 4.64. The van der Waals surface area contributed by atoms with E-state index in [-0.39, 0.29) is 36.5 Å². The normalized spacial score (nSPS) is 18.8. The first-order chi connectivity index (χ1) is 33.0. The van der Waals surface area contributed by atoms with E-state index < -0.39 is 41.9 Å². The molecule has 5 heterocycles. The molecule has 1 saturated carbocycles. The first-order valence-corrected chi connectivity index (χ1v) is 27.0. The van der Waals surface area contributed by atoms with Crippen LogP contribution in [0.25, 0.3) is 10.9 Å². The molecule has 3 aromatic carbocycles. The Morgan fingerprint density at radius 3 is 2.32 bits per heavy atom. The molecule has 3 amide bonds. The zero-order valence-electron chi connectivity index (χ0n) is 39.6. The maximum absolute atomic E-state index is 15.2. The largest absolute Gasteiger partial charge is 0.494 e. The highest BCUT2D eigenvalue weighted by molar-refractivity contribution is 9.10. The number of anilines is 6. The minimum absolute atomic E-state index is 0.0192. The van der Waals surface area contributed by atoms with Crippen LogP contribution in [0.4, 0.5) is 43.3 Å². The number of pyridine rings is 1. The number of imide groups is 1. The number of aromatic nitrogens is 3. The summed E-state index contributed by atoms with van der Waals surface area (Å²) < 4.78 is 50.6. The van der Waals surface area contributed by atoms with Gasteiger partial charge in [-0.3, -0.25) is 29.6 Å². The third-order valence-electron chi connectivity index (χ3n) is 14.1. The molecule has 1 unspecified atom stereocenters. The van der Waals surface area contributed by atoms with Gasteiger partial charge in [-0.2, -0.15) is 4.98 Å². The number of fused-ring (bicyclic) bond motifs is 1. The summed E-state index contributed by atoms with van der Waals surface area (Å²) in [4.78, 5) is 58.7. The van der Waals surface area contributed by atoms with Crippen molar-refractivity contribution in [2.24, 2.45) is 5.41 Å². The Kier molecular flexibility index (Phi) is 13.7. The van der Waals surface area contributed by atoms with Crippen LogP contribution >= 0.6 is 23.1 Å². The van der Waals surface area contributed by atoms with Gasteiger partial charge in [-0.1, -0.05) is 13.0 Å². The van der Waals surface area contributed by atoms with Crippen LogP contribution in [0.2, 0.25) is 0 Å². The molecule has 15 nitrogen and oxygen atoms in total. The molecular formula is C50H58BrF2N10O5P. The fourth-order valence-corrected chi connectivity index (χ4v) is 11.9. The summed E-state index contributed by atoms with van der Waals surface area (Å²) in [6.45, 7) is 12.4. The van der Waals surface area contributed by atoms with E-state index in [0.717, 1.165) is 91.1 Å². The minimum atomic E-state index is -2.75. The van der Waals surface area contributed by atoms with Gasteiger partial charge in [0.05, 0.1) is 39.8 Å². The van der Waals surface area contributed by atoms with Gasteiger partial charge in [-0.15, -0.1) is 0 Å². The Morgan fingerprint density at radius 1 is 0.942 bits per heavy atom. The minimum Gasteiger partial charge on any atom is -0.494 e. The van der Waals surface area contributed by atoms with Crippen molar-refractivity contribution >= 4 is 91.5 Å². The van der Waals surface area contributed by atoms with Gasteiger partial charge in [0.25, 0.3) is 0 Å². The third-order valence-corrected chi connectivity index (χ3v) is 16.2. The predicted molar refractivity (Wildman–Crippen MR) is 269 cm³/mol. The van der Waals surface area contributed by atoms with Crippen LogP contribution in [0.1, 0.15) is 68.2 Å². The second kappa shape index (κ2) is 19.6. The lowest BCUT2D eigenvalue weighted by Gasteiger charge is -2.44. The van der Waals surface area contributed by atoms with Crippen molar-refractivity contribution in [1.29, 1.82) is 0 Å². The topological polar surface area (TPSA) is 174 Å². The van der Waals surface area contributed by atoms with Crippen LogP contribution in [-0.2, 0) is 25.4 Å². The fourth-order valence-electron chi connectivity index (χ4n) is 10.2. The number of halogens is 3. The molecule has 0 radical (unpaired) electrons. The maximum Gasteiger partial charge on any atom is 0.234 e. The average Bonchev–Trinajstić information content (AvgIpc) is 4.13. The Hall–Kier alpha value is -5.71. The SMILES string of the molecule is CCc1cc(Nc2ncc(Br)c(Nc3ccc4nc(C)ccc4c3P(C)(C)=O)n2)c(OC)cc1N1CCC(N2CCN(C(=O)C3(CNc4cc(F)c(C5CCC(=O)NC5=O)c(F)c4)CC3)CC2)CC1. The van der Waals surface area contributed by atoms with Crippen molar-refractivity contribution in [3.8, 4) is 5.75 Å². The lowest BCUT2D eigenvalue weighted by Crippen LogP contribution is -2.55. The van der Waals surface area contributed by atoms with E-state index in [4.69, 9.17) is 9.72 Å². The van der Waals surface area contributed by atoms with Gasteiger partial charge >= 0.3 is 0 Å². The summed E-state index contributed by atoms with van der Waals surface area (Å²) >= 11 is 3.61. The molecule has 4 aliphatic rings. The van der Waals surface area contributed by atoms with Gasteiger partial charge in [0.2, 0.25) is 23.7 Å². The second-order valence-electron chi connectivity index (χ2n) is 19.0. The van der Waals surface area contributed by atoms with Gasteiger partial charge in [0.15, 0.2) is 0 Å². The molecule has 3 saturated heterocycles. The molecule has 69 heavy (non-hydrogen) atoms. The highest BCUT2D eigenvalue weighted by Gasteiger charge is 2.52. The van der Waals surface area contributed by atoms with Crippen molar-refractivity contribution < 1.29 is 32.5 Å². The van der Waals surface area contributed by atoms with E-state index in [1.165, 1.54) is 0 Å². The molecule has 3 aliphatic heterocycles. The highest BCUT2D eigenvalue weighted by atomic mass is 79.9. The Morgan fingerprint density at radius 2 is 1.67 bits per heavy atom. The zero-order chi connectivity index (χ0) is 48.8. The number of benzene rings is 3. The molecule has 364 valence electrons. The molecule has 5 aromatic rings. The van der Waals surface area contributed by atoms with Gasteiger partial charge in [-0.05, 0) is 117 Å². The Labute approximate surface area is 409 Å². The van der Waals surface area contributed by atoms with Crippen LogP contribution in [0.3, 0.4) is 0 Å². The van der Waals surface area contributed by atoms with E-state index in [1.54, 1.807) is 26.6 Å². The highest BCUT2D eigenvalue weighted by Crippen LogP contribution is 2.48. The monoisotopic (exact) mass is 1030 g/mol. The number of hydrogen-bond donors (Lipinski definition) is 4. The summed E-state index contributed by atoms with van der Waals surface area (Å²) in [6, 6.07) is 14.6. The second-order valence-corrected chi connectivity index (χ2v) is 23.0. The standard InChI is InChI=1S/C50H58BrF2N10O5P/c1-6-30-23-40(58-49-54-27-35(51)46(60-49)57-39-11-10-38-33(8-7-29(2)56-38)45(39)69(4,5)67)42(68-3)26-41(30)62-17-13-32(14-18-62)61-19-21-63(22-20-61)48(66)50(15-16-50)28-55-31-24-36(52)44(37(53)25-31)34-9-12-43(64)59-47(34)65/h7-8,10-11,23-27,32,34,55H,6,9,12-22,28H2,1-5H3,(H,59,64,65)(H2,54,57,58,60). The molecule has 0 spiro atoms. The van der Waals surface area contributed by atoms with E-state index in [2.05, 4.69) is 76.0 Å². The quantitative estimate of drug-likeness (QED) is 0.0620. The van der Waals surface area contributed by atoms with Crippen LogP contribution in [0, 0.1) is 24.0 Å². The lowest BCUT2D eigenvalue weighted by atomic mass is 9.89. The summed E-state index contributed by atoms with van der Waals surface area (Å²) in [5.74, 6) is -2.33. The number of amides is 3. The molecule has 4 N–H and O–H groups in total. The molecule has 4 fully saturated rings. The number of hydrogen-bond acceptors (Lipinski definition) is 13. The lowest BCUT2D eigenvalue weighted by molar-refractivity contribution is -0.139. The average molecular weight is 1030 g/mol. The molecule has 19 heteroatoms. The first kappa shape index (κ1) is 48.3. The van der Waals surface area contributed by atoms with Gasteiger partial charge in [0, 0.05) is 104 Å². The van der Waals surface area contributed by atoms with E-state index in [0.29, 0.717) is 65.0 Å². The molecule has 2 aromatic heterocycles. The maximum atomic E-state index is 15.2. The third kappa shape index (κ3) is 10.2. The van der Waals surface area contributed by atoms with Crippen molar-refractivity contribution in [2.75, 3.05) is 87.1 Å². The summed E-state index contributed by atoms with van der Waals surface area (Å²) in [6.07, 6.45) is 5.90. The summed E-state index contributed by atoms with van der Waals surface area (Å²) in [7, 11) is -1.10. The molecule has 1 atom stereocenters. The molecular weight excluding hydrogens is 969 g/mol. The van der Waals surface area contributed by atoms with Gasteiger partial charge < -0.3 is 35.1 Å². The number of methoxy groups -OCH3 is 1.